The van der Waals surface area contributed by atoms with Crippen LogP contribution in [0, 0.1) is 0 Å². The molecule has 10 heteroatoms. The van der Waals surface area contributed by atoms with Crippen molar-refractivity contribution in [2.45, 2.75) is 11.8 Å². The van der Waals surface area contributed by atoms with Gasteiger partial charge in [-0.2, -0.15) is 0 Å². The van der Waals surface area contributed by atoms with Gasteiger partial charge in [-0.1, -0.05) is 0 Å². The van der Waals surface area contributed by atoms with Crippen molar-refractivity contribution in [2.75, 3.05) is 17.2 Å². The van der Waals surface area contributed by atoms with Gasteiger partial charge in [-0.25, -0.2) is 18.4 Å². The van der Waals surface area contributed by atoms with Crippen molar-refractivity contribution in [3.05, 3.63) is 54.1 Å². The molecule has 27 heavy (non-hydrogen) atoms. The van der Waals surface area contributed by atoms with Gasteiger partial charge in [0.25, 0.3) is 0 Å². The lowest BCUT2D eigenvalue weighted by Gasteiger charge is -2.08. The molecule has 2 rings (SSSR count). The second-order valence-corrected chi connectivity index (χ2v) is 6.84. The smallest absolute Gasteiger partial charge is 0.338 e. The molecule has 0 radical (unpaired) electrons. The van der Waals surface area contributed by atoms with Gasteiger partial charge in [-0.3, -0.25) is 9.59 Å². The number of carbonyl (C=O) groups is 3. The quantitative estimate of drug-likeness (QED) is 0.514. The highest BCUT2D eigenvalue weighted by Gasteiger charge is 2.15. The Morgan fingerprint density at radius 2 is 1.33 bits per heavy atom. The Bertz CT molecular complexity index is 953. The van der Waals surface area contributed by atoms with Crippen molar-refractivity contribution < 1.29 is 27.5 Å². The van der Waals surface area contributed by atoms with Crippen LogP contribution in [0.4, 0.5) is 11.4 Å². The van der Waals surface area contributed by atoms with E-state index in [1.807, 2.05) is 0 Å². The first-order valence-corrected chi connectivity index (χ1v) is 9.27. The van der Waals surface area contributed by atoms with Gasteiger partial charge in [0.1, 0.15) is 0 Å². The fourth-order valence-electron chi connectivity index (χ4n) is 2.01. The van der Waals surface area contributed by atoms with E-state index < -0.39 is 27.8 Å². The van der Waals surface area contributed by atoms with E-state index in [-0.39, 0.29) is 17.2 Å². The summed E-state index contributed by atoms with van der Waals surface area (Å²) >= 11 is 0. The summed E-state index contributed by atoms with van der Waals surface area (Å²) in [6, 6.07) is 10.8. The SMILES string of the molecule is CCOC(=O)c1ccc(NC(=O)C(=O)Nc2ccc(S(N)(=O)=O)cc2)cc1. The summed E-state index contributed by atoms with van der Waals surface area (Å²) in [5.74, 6) is -2.38. The van der Waals surface area contributed by atoms with Crippen molar-refractivity contribution >= 4 is 39.2 Å². The summed E-state index contributed by atoms with van der Waals surface area (Å²) in [7, 11) is -3.84. The van der Waals surface area contributed by atoms with E-state index in [4.69, 9.17) is 9.88 Å². The highest BCUT2D eigenvalue weighted by Crippen LogP contribution is 2.14. The van der Waals surface area contributed by atoms with E-state index in [9.17, 15) is 22.8 Å². The number of benzene rings is 2. The average molecular weight is 391 g/mol. The Kier molecular flexibility index (Phi) is 6.27. The Hall–Kier alpha value is -3.24. The summed E-state index contributed by atoms with van der Waals surface area (Å²) in [6.45, 7) is 1.93. The number of sulfonamides is 1. The highest BCUT2D eigenvalue weighted by molar-refractivity contribution is 7.89. The van der Waals surface area contributed by atoms with Gasteiger partial charge < -0.3 is 15.4 Å². The summed E-state index contributed by atoms with van der Waals surface area (Å²) in [6.07, 6.45) is 0. The number of nitrogens with two attached hydrogens (primary N) is 1. The van der Waals surface area contributed by atoms with Crippen molar-refractivity contribution in [1.82, 2.24) is 0 Å². The normalized spacial score (nSPS) is 10.7. The molecule has 4 N–H and O–H groups in total. The Balaban J connectivity index is 1.97. The van der Waals surface area contributed by atoms with Crippen molar-refractivity contribution in [1.29, 1.82) is 0 Å². The third kappa shape index (κ3) is 5.62. The molecule has 0 heterocycles. The fourth-order valence-corrected chi connectivity index (χ4v) is 2.52. The third-order valence-corrected chi connectivity index (χ3v) is 4.23. The number of primary sulfonamides is 1. The molecular formula is C17H17N3O6S. The zero-order valence-corrected chi connectivity index (χ0v) is 15.1. The zero-order chi connectivity index (χ0) is 20.0. The Morgan fingerprint density at radius 3 is 1.74 bits per heavy atom. The molecule has 0 spiro atoms. The largest absolute Gasteiger partial charge is 0.462 e. The molecule has 142 valence electrons. The molecular weight excluding hydrogens is 374 g/mol. The lowest BCUT2D eigenvalue weighted by atomic mass is 10.2. The Morgan fingerprint density at radius 1 is 0.889 bits per heavy atom. The maximum absolute atomic E-state index is 11.9. The molecule has 2 aromatic rings. The van der Waals surface area contributed by atoms with Crippen molar-refractivity contribution in [3.63, 3.8) is 0 Å². The van der Waals surface area contributed by atoms with Gasteiger partial charge in [-0.05, 0) is 55.5 Å². The number of hydrogen-bond acceptors (Lipinski definition) is 6. The van der Waals surface area contributed by atoms with Gasteiger partial charge in [0, 0.05) is 11.4 Å². The van der Waals surface area contributed by atoms with Gasteiger partial charge in [0.15, 0.2) is 0 Å². The number of nitrogens with one attached hydrogen (secondary N) is 2. The third-order valence-electron chi connectivity index (χ3n) is 3.30. The zero-order valence-electron chi connectivity index (χ0n) is 14.3. The lowest BCUT2D eigenvalue weighted by Crippen LogP contribution is -2.29. The van der Waals surface area contributed by atoms with Gasteiger partial charge in [0.2, 0.25) is 10.0 Å². The molecule has 0 aromatic heterocycles. The number of rotatable bonds is 5. The molecule has 0 aliphatic heterocycles. The first kappa shape index (κ1) is 20.1. The van der Waals surface area contributed by atoms with Gasteiger partial charge >= 0.3 is 17.8 Å². The minimum atomic E-state index is -3.84. The number of anilines is 2. The molecule has 9 nitrogen and oxygen atoms in total. The maximum atomic E-state index is 11.9. The number of ether oxygens (including phenoxy) is 1. The minimum Gasteiger partial charge on any atom is -0.462 e. The van der Waals surface area contributed by atoms with E-state index in [1.54, 1.807) is 6.92 Å². The van der Waals surface area contributed by atoms with Gasteiger partial charge in [-0.15, -0.1) is 0 Å². The topological polar surface area (TPSA) is 145 Å². The Labute approximate surface area is 155 Å². The van der Waals surface area contributed by atoms with Crippen LogP contribution in [0.1, 0.15) is 17.3 Å². The number of amides is 2. The monoisotopic (exact) mass is 391 g/mol. The molecule has 0 unspecified atom stereocenters. The predicted molar refractivity (Wildman–Crippen MR) is 97.5 cm³/mol. The number of carbonyl (C=O) groups excluding carboxylic acids is 3. The van der Waals surface area contributed by atoms with Crippen molar-refractivity contribution in [2.24, 2.45) is 5.14 Å². The van der Waals surface area contributed by atoms with Crippen LogP contribution in [0.3, 0.4) is 0 Å². The standard InChI is InChI=1S/C17H17N3O6S/c1-2-26-17(23)11-3-5-12(6-4-11)19-15(21)16(22)20-13-7-9-14(10-8-13)27(18,24)25/h3-10H,2H2,1H3,(H,19,21)(H,20,22)(H2,18,24,25). The van der Waals surface area contributed by atoms with E-state index in [0.717, 1.165) is 0 Å². The molecule has 0 saturated heterocycles. The summed E-state index contributed by atoms with van der Waals surface area (Å²) < 4.78 is 27.2. The summed E-state index contributed by atoms with van der Waals surface area (Å²) in [4.78, 5) is 35.3. The van der Waals surface area contributed by atoms with Crippen LogP contribution in [-0.2, 0) is 24.3 Å². The minimum absolute atomic E-state index is 0.119. The second-order valence-electron chi connectivity index (χ2n) is 5.28. The number of hydrogen-bond donors (Lipinski definition) is 3. The first-order valence-electron chi connectivity index (χ1n) is 7.73. The predicted octanol–water partition coefficient (Wildman–Crippen LogP) is 1.09. The molecule has 2 amide bonds. The molecule has 0 aliphatic carbocycles. The van der Waals surface area contributed by atoms with Crippen LogP contribution in [0.25, 0.3) is 0 Å². The van der Waals surface area contributed by atoms with Gasteiger partial charge in [0.05, 0.1) is 17.1 Å². The van der Waals surface area contributed by atoms with Crippen LogP contribution in [0.5, 0.6) is 0 Å². The molecule has 0 saturated carbocycles. The highest BCUT2D eigenvalue weighted by atomic mass is 32.2. The van der Waals surface area contributed by atoms with Crippen LogP contribution in [0.15, 0.2) is 53.4 Å². The van der Waals surface area contributed by atoms with E-state index in [1.165, 1.54) is 48.5 Å². The summed E-state index contributed by atoms with van der Waals surface area (Å²) in [5.41, 5.74) is 0.849. The average Bonchev–Trinajstić information content (AvgIpc) is 2.62. The maximum Gasteiger partial charge on any atom is 0.338 e. The molecule has 0 bridgehead atoms. The van der Waals surface area contributed by atoms with Crippen LogP contribution in [-0.4, -0.2) is 32.8 Å². The molecule has 0 aliphatic rings. The fraction of sp³-hybridized carbons (Fsp3) is 0.118. The lowest BCUT2D eigenvalue weighted by molar-refractivity contribution is -0.132. The van der Waals surface area contributed by atoms with Crippen LogP contribution >= 0.6 is 0 Å². The second kappa shape index (κ2) is 8.43. The van der Waals surface area contributed by atoms with E-state index in [0.29, 0.717) is 11.3 Å². The van der Waals surface area contributed by atoms with Crippen molar-refractivity contribution in [3.8, 4) is 0 Å². The molecule has 0 atom stereocenters. The van der Waals surface area contributed by atoms with Crippen LogP contribution in [0.2, 0.25) is 0 Å². The first-order chi connectivity index (χ1) is 12.7. The van der Waals surface area contributed by atoms with Crippen LogP contribution < -0.4 is 15.8 Å². The van der Waals surface area contributed by atoms with E-state index >= 15 is 0 Å². The van der Waals surface area contributed by atoms with E-state index in [2.05, 4.69) is 10.6 Å². The number of esters is 1. The molecule has 0 fully saturated rings. The summed E-state index contributed by atoms with van der Waals surface area (Å²) in [5, 5.41) is 9.68. The molecule has 2 aromatic carbocycles.